The molecule has 0 spiro atoms. The molecule has 0 saturated heterocycles. The van der Waals surface area contributed by atoms with E-state index in [-0.39, 0.29) is 23.6 Å². The Morgan fingerprint density at radius 3 is 2.49 bits per heavy atom. The monoisotopic (exact) mass is 518 g/mol. The van der Waals surface area contributed by atoms with E-state index in [1.807, 2.05) is 6.07 Å². The maximum Gasteiger partial charge on any atom is 0.573 e. The highest BCUT2D eigenvalue weighted by Gasteiger charge is 2.52. The van der Waals surface area contributed by atoms with Crippen LogP contribution in [0.2, 0.25) is 0 Å². The predicted octanol–water partition coefficient (Wildman–Crippen LogP) is 5.14. The summed E-state index contributed by atoms with van der Waals surface area (Å²) in [6.45, 7) is -0.745. The summed E-state index contributed by atoms with van der Waals surface area (Å²) in [5.41, 5.74) is 1.35. The first-order valence-electron chi connectivity index (χ1n) is 12.1. The number of carbonyl (C=O) groups is 3. The van der Waals surface area contributed by atoms with Crippen LogP contribution in [0.1, 0.15) is 54.1 Å². The number of para-hydroxylation sites is 1. The molecule has 3 aliphatic rings. The van der Waals surface area contributed by atoms with Crippen molar-refractivity contribution in [1.82, 2.24) is 4.90 Å². The lowest BCUT2D eigenvalue weighted by atomic mass is 9.81. The fraction of sp³-hybridized carbons (Fsp3) is 0.423. The molecule has 0 radical (unpaired) electrons. The summed E-state index contributed by atoms with van der Waals surface area (Å²) >= 11 is 0. The number of alkyl halides is 3. The van der Waals surface area contributed by atoms with E-state index in [0.29, 0.717) is 12.1 Å². The van der Waals surface area contributed by atoms with Gasteiger partial charge in [0.05, 0.1) is 6.04 Å². The number of anilines is 1. The molecule has 0 unspecified atom stereocenters. The molecule has 2 aromatic rings. The number of carbonyl (C=O) groups excluding carboxylic acids is 2. The molecule has 1 aliphatic heterocycles. The summed E-state index contributed by atoms with van der Waals surface area (Å²) in [7, 11) is 0. The number of fused-ring (bicyclic) bond motifs is 2. The van der Waals surface area contributed by atoms with Gasteiger partial charge in [0.1, 0.15) is 5.75 Å². The maximum absolute atomic E-state index is 13.8. The Hall–Kier alpha value is -3.76. The Bertz CT molecular complexity index is 1210. The predicted molar refractivity (Wildman–Crippen MR) is 124 cm³/mol. The SMILES string of the molecule is O=C(O)COC(=O)N(C1CC1)[C@H]1c2ccccc2N(C(=O)c2cccc(OC(F)(F)F)c2)[C@@H]2CCC[C@@H]21. The lowest BCUT2D eigenvalue weighted by Gasteiger charge is -2.47. The molecule has 37 heavy (non-hydrogen) atoms. The minimum Gasteiger partial charge on any atom is -0.479 e. The van der Waals surface area contributed by atoms with E-state index in [0.717, 1.165) is 43.4 Å². The standard InChI is InChI=1S/C26H25F3N2O6/c27-26(28,29)37-17-6-3-5-15(13-17)24(34)31-20-9-2-1-7-18(20)23(19-8-4-10-21(19)31)30(16-11-12-16)25(35)36-14-22(32)33/h1-3,5-7,9,13,16,19,21,23H,4,8,10-12,14H2,(H,32,33)/t19-,21+,23-/m0/s1. The van der Waals surface area contributed by atoms with Crippen LogP contribution in [0.3, 0.4) is 0 Å². The van der Waals surface area contributed by atoms with Crippen LogP contribution in [0.4, 0.5) is 23.7 Å². The highest BCUT2D eigenvalue weighted by atomic mass is 19.4. The van der Waals surface area contributed by atoms with Crippen LogP contribution >= 0.6 is 0 Å². The molecule has 8 nitrogen and oxygen atoms in total. The first-order valence-corrected chi connectivity index (χ1v) is 12.1. The molecule has 3 atom stereocenters. The number of benzene rings is 2. The Kier molecular flexibility index (Phi) is 6.47. The van der Waals surface area contributed by atoms with Crippen LogP contribution in [0.25, 0.3) is 0 Å². The van der Waals surface area contributed by atoms with Gasteiger partial charge < -0.3 is 19.5 Å². The van der Waals surface area contributed by atoms with Gasteiger partial charge in [0.2, 0.25) is 0 Å². The van der Waals surface area contributed by atoms with Crippen molar-refractivity contribution < 1.29 is 42.1 Å². The van der Waals surface area contributed by atoms with E-state index in [4.69, 9.17) is 9.84 Å². The minimum atomic E-state index is -4.88. The molecule has 2 aromatic carbocycles. The summed E-state index contributed by atoms with van der Waals surface area (Å²) in [5, 5.41) is 8.99. The number of hydrogen-bond donors (Lipinski definition) is 1. The Morgan fingerprint density at radius 2 is 1.78 bits per heavy atom. The highest BCUT2D eigenvalue weighted by Crippen LogP contribution is 2.53. The maximum atomic E-state index is 13.8. The molecule has 2 amide bonds. The van der Waals surface area contributed by atoms with Gasteiger partial charge in [-0.25, -0.2) is 9.59 Å². The van der Waals surface area contributed by atoms with Gasteiger partial charge in [-0.1, -0.05) is 30.7 Å². The molecule has 1 heterocycles. The lowest BCUT2D eigenvalue weighted by molar-refractivity contribution is -0.274. The summed E-state index contributed by atoms with van der Waals surface area (Å²) in [6, 6.07) is 11.4. The molecule has 11 heteroatoms. The van der Waals surface area contributed by atoms with Crippen LogP contribution in [-0.4, -0.2) is 53.0 Å². The molecule has 2 saturated carbocycles. The van der Waals surface area contributed by atoms with E-state index in [9.17, 15) is 27.6 Å². The van der Waals surface area contributed by atoms with E-state index < -0.39 is 42.7 Å². The first-order chi connectivity index (χ1) is 17.6. The lowest BCUT2D eigenvalue weighted by Crippen LogP contribution is -2.53. The average molecular weight is 518 g/mol. The van der Waals surface area contributed by atoms with Gasteiger partial charge in [0, 0.05) is 29.3 Å². The van der Waals surface area contributed by atoms with Crippen molar-refractivity contribution in [2.45, 2.75) is 56.6 Å². The molecule has 2 fully saturated rings. The molecule has 1 N–H and O–H groups in total. The number of rotatable bonds is 6. The van der Waals surface area contributed by atoms with Crippen molar-refractivity contribution in [1.29, 1.82) is 0 Å². The normalized spacial score (nSPS) is 22.6. The van der Waals surface area contributed by atoms with Crippen LogP contribution < -0.4 is 9.64 Å². The number of amides is 2. The zero-order valence-electron chi connectivity index (χ0n) is 19.7. The van der Waals surface area contributed by atoms with Crippen LogP contribution in [0, 0.1) is 5.92 Å². The van der Waals surface area contributed by atoms with Crippen molar-refractivity contribution in [2.75, 3.05) is 11.5 Å². The van der Waals surface area contributed by atoms with Gasteiger partial charge in [0.25, 0.3) is 5.91 Å². The van der Waals surface area contributed by atoms with Crippen molar-refractivity contribution >= 4 is 23.7 Å². The third kappa shape index (κ3) is 5.07. The average Bonchev–Trinajstić information content (AvgIpc) is 3.56. The van der Waals surface area contributed by atoms with Crippen LogP contribution in [-0.2, 0) is 9.53 Å². The second-order valence-corrected chi connectivity index (χ2v) is 9.50. The molecule has 196 valence electrons. The fourth-order valence-corrected chi connectivity index (χ4v) is 5.65. The van der Waals surface area contributed by atoms with Crippen molar-refractivity contribution in [3.05, 3.63) is 59.7 Å². The molecule has 0 aromatic heterocycles. The van der Waals surface area contributed by atoms with Gasteiger partial charge in [-0.15, -0.1) is 13.2 Å². The first kappa shape index (κ1) is 24.9. The third-order valence-corrected chi connectivity index (χ3v) is 7.09. The number of halogens is 3. The smallest absolute Gasteiger partial charge is 0.479 e. The fourth-order valence-electron chi connectivity index (χ4n) is 5.65. The second kappa shape index (κ2) is 9.60. The number of ether oxygens (including phenoxy) is 2. The van der Waals surface area contributed by atoms with Crippen LogP contribution in [0.15, 0.2) is 48.5 Å². The van der Waals surface area contributed by atoms with Gasteiger partial charge in [0.15, 0.2) is 6.61 Å². The van der Waals surface area contributed by atoms with Gasteiger partial charge in [-0.2, -0.15) is 0 Å². The molecule has 0 bridgehead atoms. The molecule has 2 aliphatic carbocycles. The largest absolute Gasteiger partial charge is 0.573 e. The second-order valence-electron chi connectivity index (χ2n) is 9.50. The molecule has 5 rings (SSSR count). The summed E-state index contributed by atoms with van der Waals surface area (Å²) in [6.07, 6.45) is -1.87. The Morgan fingerprint density at radius 1 is 1.03 bits per heavy atom. The minimum absolute atomic E-state index is 0.0561. The van der Waals surface area contributed by atoms with Gasteiger partial charge in [-0.05, 0) is 55.5 Å². The summed E-state index contributed by atoms with van der Waals surface area (Å²) < 4.78 is 47.4. The van der Waals surface area contributed by atoms with Gasteiger partial charge in [-0.3, -0.25) is 9.69 Å². The van der Waals surface area contributed by atoms with Crippen molar-refractivity contribution in [3.63, 3.8) is 0 Å². The molecular weight excluding hydrogens is 493 g/mol. The van der Waals surface area contributed by atoms with E-state index in [1.54, 1.807) is 28.0 Å². The number of aliphatic carboxylic acids is 1. The van der Waals surface area contributed by atoms with Gasteiger partial charge >= 0.3 is 18.4 Å². The van der Waals surface area contributed by atoms with Crippen molar-refractivity contribution in [3.8, 4) is 5.75 Å². The van der Waals surface area contributed by atoms with Crippen LogP contribution in [0.5, 0.6) is 5.75 Å². The van der Waals surface area contributed by atoms with Crippen molar-refractivity contribution in [2.24, 2.45) is 5.92 Å². The number of carboxylic acids is 1. The van der Waals surface area contributed by atoms with E-state index in [2.05, 4.69) is 4.74 Å². The Labute approximate surface area is 210 Å². The van der Waals surface area contributed by atoms with E-state index >= 15 is 0 Å². The number of hydrogen-bond acceptors (Lipinski definition) is 5. The zero-order valence-corrected chi connectivity index (χ0v) is 19.7. The zero-order chi connectivity index (χ0) is 26.3. The molecular formula is C26H25F3N2O6. The third-order valence-electron chi connectivity index (χ3n) is 7.09. The van der Waals surface area contributed by atoms with E-state index in [1.165, 1.54) is 12.1 Å². The number of carboxylic acid groups (broad SMARTS) is 1. The highest BCUT2D eigenvalue weighted by molar-refractivity contribution is 6.07. The quantitative estimate of drug-likeness (QED) is 0.569. The number of nitrogens with zero attached hydrogens (tertiary/aromatic N) is 2. The topological polar surface area (TPSA) is 96.4 Å². The summed E-state index contributed by atoms with van der Waals surface area (Å²) in [5.74, 6) is -2.33. The Balaban J connectivity index is 1.52. The summed E-state index contributed by atoms with van der Waals surface area (Å²) in [4.78, 5) is 41.1.